The van der Waals surface area contributed by atoms with E-state index in [4.69, 9.17) is 10.5 Å². The monoisotopic (exact) mass is 407 g/mol. The van der Waals surface area contributed by atoms with Crippen molar-refractivity contribution in [1.82, 2.24) is 20.1 Å². The number of carbonyl (C=O) groups is 2. The lowest BCUT2D eigenvalue weighted by molar-refractivity contribution is -0.127. The predicted molar refractivity (Wildman–Crippen MR) is 112 cm³/mol. The van der Waals surface area contributed by atoms with Crippen molar-refractivity contribution < 1.29 is 14.3 Å². The Balaban J connectivity index is 1.45. The number of rotatable bonds is 10. The lowest BCUT2D eigenvalue weighted by Crippen LogP contribution is -2.45. The van der Waals surface area contributed by atoms with Crippen LogP contribution in [0.2, 0.25) is 0 Å². The first-order chi connectivity index (χ1) is 14.5. The molecule has 2 aromatic heterocycles. The molecular weight excluding hydrogens is 382 g/mol. The molecule has 1 atom stereocenters. The molecule has 0 radical (unpaired) electrons. The zero-order valence-corrected chi connectivity index (χ0v) is 16.8. The highest BCUT2D eigenvalue weighted by Gasteiger charge is 2.18. The third-order valence-corrected chi connectivity index (χ3v) is 4.55. The summed E-state index contributed by atoms with van der Waals surface area (Å²) in [5, 5.41) is 7.12. The lowest BCUT2D eigenvalue weighted by atomic mass is 10.1. The fourth-order valence-electron chi connectivity index (χ4n) is 2.99. The first-order valence-corrected chi connectivity index (χ1v) is 9.73. The molecule has 0 aliphatic rings. The van der Waals surface area contributed by atoms with E-state index in [1.54, 1.807) is 24.1 Å². The topological polar surface area (TPSA) is 112 Å². The van der Waals surface area contributed by atoms with E-state index in [1.165, 1.54) is 0 Å². The van der Waals surface area contributed by atoms with E-state index < -0.39 is 11.9 Å². The molecule has 0 fully saturated rings. The van der Waals surface area contributed by atoms with Gasteiger partial charge in [-0.05, 0) is 24.1 Å². The minimum Gasteiger partial charge on any atom is -0.478 e. The third kappa shape index (κ3) is 5.91. The van der Waals surface area contributed by atoms with Gasteiger partial charge in [-0.2, -0.15) is 5.10 Å². The molecule has 8 heteroatoms. The number of hydrogen-bond donors (Lipinski definition) is 2. The summed E-state index contributed by atoms with van der Waals surface area (Å²) in [4.78, 5) is 28.0. The maximum atomic E-state index is 12.2. The standard InChI is InChI=1S/C22H25N5O3/c1-27-21(14-18(26-27)17-9-5-11-24-15-17)30-12-6-10-20(28)25-19(22(23)29)13-16-7-3-2-4-8-16/h2-5,7-9,11,14-15,19H,6,10,12-13H2,1H3,(H2,23,29)(H,25,28)/t19-/m0/s1. The smallest absolute Gasteiger partial charge is 0.240 e. The maximum absolute atomic E-state index is 12.2. The van der Waals surface area contributed by atoms with E-state index in [0.29, 0.717) is 25.3 Å². The van der Waals surface area contributed by atoms with Crippen molar-refractivity contribution >= 4 is 11.8 Å². The summed E-state index contributed by atoms with van der Waals surface area (Å²) < 4.78 is 7.39. The second-order valence-corrected chi connectivity index (χ2v) is 6.90. The average Bonchev–Trinajstić information content (AvgIpc) is 3.12. The minimum atomic E-state index is -0.736. The molecule has 0 aliphatic heterocycles. The van der Waals surface area contributed by atoms with E-state index >= 15 is 0 Å². The van der Waals surface area contributed by atoms with Crippen LogP contribution in [0.3, 0.4) is 0 Å². The Kier molecular flexibility index (Phi) is 7.15. The Morgan fingerprint density at radius 3 is 2.70 bits per heavy atom. The molecule has 0 saturated heterocycles. The van der Waals surface area contributed by atoms with Gasteiger partial charge in [-0.3, -0.25) is 14.6 Å². The van der Waals surface area contributed by atoms with Gasteiger partial charge in [0, 0.05) is 43.9 Å². The number of pyridine rings is 1. The van der Waals surface area contributed by atoms with Gasteiger partial charge in [-0.15, -0.1) is 0 Å². The zero-order chi connectivity index (χ0) is 21.3. The Morgan fingerprint density at radius 1 is 1.20 bits per heavy atom. The SMILES string of the molecule is Cn1nc(-c2cccnc2)cc1OCCCC(=O)N[C@@H](Cc1ccccc1)C(N)=O. The number of primary amides is 1. The number of benzene rings is 1. The highest BCUT2D eigenvalue weighted by Crippen LogP contribution is 2.21. The molecule has 3 rings (SSSR count). The van der Waals surface area contributed by atoms with Gasteiger partial charge in [0.2, 0.25) is 17.7 Å². The van der Waals surface area contributed by atoms with E-state index in [0.717, 1.165) is 16.8 Å². The summed E-state index contributed by atoms with van der Waals surface area (Å²) in [5.74, 6) is -0.186. The van der Waals surface area contributed by atoms with Crippen LogP contribution < -0.4 is 15.8 Å². The van der Waals surface area contributed by atoms with Gasteiger partial charge >= 0.3 is 0 Å². The number of nitrogens with two attached hydrogens (primary N) is 1. The highest BCUT2D eigenvalue weighted by atomic mass is 16.5. The van der Waals surface area contributed by atoms with E-state index in [1.807, 2.05) is 48.5 Å². The second kappa shape index (κ2) is 10.2. The van der Waals surface area contributed by atoms with Gasteiger partial charge in [-0.25, -0.2) is 4.68 Å². The molecule has 3 aromatic rings. The Hall–Kier alpha value is -3.68. The van der Waals surface area contributed by atoms with E-state index in [9.17, 15) is 9.59 Å². The number of aromatic nitrogens is 3. The molecule has 0 unspecified atom stereocenters. The molecule has 3 N–H and O–H groups in total. The number of carbonyl (C=O) groups excluding carboxylic acids is 2. The molecule has 0 saturated carbocycles. The van der Waals surface area contributed by atoms with Gasteiger partial charge in [0.15, 0.2) is 0 Å². The molecule has 0 spiro atoms. The second-order valence-electron chi connectivity index (χ2n) is 6.90. The molecule has 0 aliphatic carbocycles. The van der Waals surface area contributed by atoms with Crippen molar-refractivity contribution in [3.8, 4) is 17.1 Å². The van der Waals surface area contributed by atoms with Crippen LogP contribution in [0.15, 0.2) is 60.9 Å². The van der Waals surface area contributed by atoms with Crippen molar-refractivity contribution in [1.29, 1.82) is 0 Å². The molecule has 8 nitrogen and oxygen atoms in total. The predicted octanol–water partition coefficient (Wildman–Crippen LogP) is 1.85. The average molecular weight is 407 g/mol. The largest absolute Gasteiger partial charge is 0.478 e. The van der Waals surface area contributed by atoms with Crippen LogP contribution in [-0.2, 0) is 23.1 Å². The summed E-state index contributed by atoms with van der Waals surface area (Å²) in [5.41, 5.74) is 8.04. The summed E-state index contributed by atoms with van der Waals surface area (Å²) in [7, 11) is 1.79. The number of hydrogen-bond acceptors (Lipinski definition) is 5. The molecular formula is C22H25N5O3. The van der Waals surface area contributed by atoms with Crippen LogP contribution in [0.25, 0.3) is 11.3 Å². The normalized spacial score (nSPS) is 11.6. The number of amides is 2. The van der Waals surface area contributed by atoms with Crippen molar-refractivity contribution in [3.63, 3.8) is 0 Å². The quantitative estimate of drug-likeness (QED) is 0.498. The van der Waals surface area contributed by atoms with E-state index in [2.05, 4.69) is 15.4 Å². The van der Waals surface area contributed by atoms with Crippen LogP contribution in [0, 0.1) is 0 Å². The number of aryl methyl sites for hydroxylation is 1. The zero-order valence-electron chi connectivity index (χ0n) is 16.8. The molecule has 2 amide bonds. The number of nitrogens with zero attached hydrogens (tertiary/aromatic N) is 3. The summed E-state index contributed by atoms with van der Waals surface area (Å²) in [6.07, 6.45) is 4.53. The van der Waals surface area contributed by atoms with E-state index in [-0.39, 0.29) is 12.3 Å². The minimum absolute atomic E-state index is 0.228. The Morgan fingerprint density at radius 2 is 2.00 bits per heavy atom. The Bertz CT molecular complexity index is 973. The highest BCUT2D eigenvalue weighted by molar-refractivity contribution is 5.86. The fourth-order valence-corrected chi connectivity index (χ4v) is 2.99. The molecule has 30 heavy (non-hydrogen) atoms. The first kappa shape index (κ1) is 21.0. The summed E-state index contributed by atoms with van der Waals surface area (Å²) >= 11 is 0. The number of nitrogens with one attached hydrogen (secondary N) is 1. The van der Waals surface area contributed by atoms with Crippen molar-refractivity contribution in [3.05, 3.63) is 66.5 Å². The Labute approximate surface area is 175 Å². The molecule has 156 valence electrons. The van der Waals surface area contributed by atoms with Crippen LogP contribution in [0.1, 0.15) is 18.4 Å². The lowest BCUT2D eigenvalue weighted by Gasteiger charge is -2.15. The molecule has 2 heterocycles. The number of ether oxygens (including phenoxy) is 1. The van der Waals surface area contributed by atoms with Gasteiger partial charge in [-0.1, -0.05) is 30.3 Å². The summed E-state index contributed by atoms with van der Waals surface area (Å²) in [6, 6.07) is 14.3. The molecule has 0 bridgehead atoms. The van der Waals surface area contributed by atoms with Crippen LogP contribution in [-0.4, -0.2) is 39.2 Å². The van der Waals surface area contributed by atoms with Crippen LogP contribution in [0.5, 0.6) is 5.88 Å². The van der Waals surface area contributed by atoms with Gasteiger partial charge in [0.05, 0.1) is 12.3 Å². The van der Waals surface area contributed by atoms with Crippen molar-refractivity contribution in [2.45, 2.75) is 25.3 Å². The maximum Gasteiger partial charge on any atom is 0.240 e. The van der Waals surface area contributed by atoms with Crippen LogP contribution in [0.4, 0.5) is 0 Å². The molecule has 1 aromatic carbocycles. The third-order valence-electron chi connectivity index (χ3n) is 4.55. The van der Waals surface area contributed by atoms with Gasteiger partial charge in [0.1, 0.15) is 6.04 Å². The van der Waals surface area contributed by atoms with Crippen molar-refractivity contribution in [2.24, 2.45) is 12.8 Å². The van der Waals surface area contributed by atoms with Crippen LogP contribution >= 0.6 is 0 Å². The van der Waals surface area contributed by atoms with Gasteiger partial charge < -0.3 is 15.8 Å². The first-order valence-electron chi connectivity index (χ1n) is 9.73. The summed E-state index contributed by atoms with van der Waals surface area (Å²) in [6.45, 7) is 0.347. The fraction of sp³-hybridized carbons (Fsp3) is 0.273. The van der Waals surface area contributed by atoms with Crippen molar-refractivity contribution in [2.75, 3.05) is 6.61 Å². The van der Waals surface area contributed by atoms with Gasteiger partial charge in [0.25, 0.3) is 0 Å².